The molecule has 0 aromatic rings. The molecule has 1 atom stereocenters. The molecule has 0 aromatic carbocycles. The van der Waals surface area contributed by atoms with E-state index >= 15 is 0 Å². The van der Waals surface area contributed by atoms with Crippen LogP contribution in [0.15, 0.2) is 0 Å². The SMILES string of the molecule is CN(CCC1CSCCN1)C1CCCC1. The third-order valence-electron chi connectivity index (χ3n) is 3.78. The van der Waals surface area contributed by atoms with Crippen LogP contribution in [0.25, 0.3) is 0 Å². The number of nitrogens with zero attached hydrogens (tertiary/aromatic N) is 1. The van der Waals surface area contributed by atoms with Gasteiger partial charge in [0.15, 0.2) is 0 Å². The number of rotatable bonds is 4. The highest BCUT2D eigenvalue weighted by Gasteiger charge is 2.20. The highest BCUT2D eigenvalue weighted by atomic mass is 32.2. The van der Waals surface area contributed by atoms with Crippen molar-refractivity contribution in [1.29, 1.82) is 0 Å². The molecule has 15 heavy (non-hydrogen) atoms. The van der Waals surface area contributed by atoms with Crippen molar-refractivity contribution in [2.75, 3.05) is 31.6 Å². The predicted molar refractivity (Wildman–Crippen MR) is 68.6 cm³/mol. The predicted octanol–water partition coefficient (Wildman–Crippen LogP) is 1.96. The van der Waals surface area contributed by atoms with Crippen LogP contribution in [0.5, 0.6) is 0 Å². The van der Waals surface area contributed by atoms with Gasteiger partial charge in [0.1, 0.15) is 0 Å². The molecule has 1 saturated carbocycles. The van der Waals surface area contributed by atoms with Gasteiger partial charge < -0.3 is 10.2 Å². The van der Waals surface area contributed by atoms with Crippen molar-refractivity contribution >= 4 is 11.8 Å². The second-order valence-electron chi connectivity index (χ2n) is 4.93. The van der Waals surface area contributed by atoms with E-state index in [-0.39, 0.29) is 0 Å². The average Bonchev–Trinajstić information content (AvgIpc) is 2.81. The number of thioether (sulfide) groups is 1. The van der Waals surface area contributed by atoms with Gasteiger partial charge in [0, 0.05) is 30.1 Å². The molecule has 2 rings (SSSR count). The first-order valence-corrected chi connectivity index (χ1v) is 7.53. The molecule has 0 bridgehead atoms. The Labute approximate surface area is 98.2 Å². The van der Waals surface area contributed by atoms with Gasteiger partial charge in [-0.2, -0.15) is 11.8 Å². The zero-order valence-electron chi connectivity index (χ0n) is 9.87. The quantitative estimate of drug-likeness (QED) is 0.792. The maximum Gasteiger partial charge on any atom is 0.0170 e. The first-order chi connectivity index (χ1) is 7.36. The monoisotopic (exact) mass is 228 g/mol. The van der Waals surface area contributed by atoms with Crippen LogP contribution in [-0.2, 0) is 0 Å². The molecule has 0 amide bonds. The third kappa shape index (κ3) is 3.65. The van der Waals surface area contributed by atoms with Gasteiger partial charge >= 0.3 is 0 Å². The maximum absolute atomic E-state index is 3.62. The summed E-state index contributed by atoms with van der Waals surface area (Å²) < 4.78 is 0. The number of hydrogen-bond donors (Lipinski definition) is 1. The molecule has 1 aliphatic heterocycles. The zero-order chi connectivity index (χ0) is 10.5. The minimum Gasteiger partial charge on any atom is -0.312 e. The van der Waals surface area contributed by atoms with Crippen molar-refractivity contribution < 1.29 is 0 Å². The largest absolute Gasteiger partial charge is 0.312 e. The van der Waals surface area contributed by atoms with E-state index in [0.29, 0.717) is 0 Å². The van der Waals surface area contributed by atoms with Crippen molar-refractivity contribution in [3.8, 4) is 0 Å². The molecule has 1 unspecified atom stereocenters. The highest BCUT2D eigenvalue weighted by molar-refractivity contribution is 7.99. The molecule has 0 radical (unpaired) electrons. The van der Waals surface area contributed by atoms with E-state index in [1.807, 2.05) is 0 Å². The van der Waals surface area contributed by atoms with Gasteiger partial charge in [-0.25, -0.2) is 0 Å². The molecular weight excluding hydrogens is 204 g/mol. The minimum atomic E-state index is 0.771. The summed E-state index contributed by atoms with van der Waals surface area (Å²) in [4.78, 5) is 2.59. The molecule has 1 heterocycles. The van der Waals surface area contributed by atoms with Gasteiger partial charge in [0.05, 0.1) is 0 Å². The summed E-state index contributed by atoms with van der Waals surface area (Å²) in [5.74, 6) is 2.62. The standard InChI is InChI=1S/C12H24N2S/c1-14(12-4-2-3-5-12)8-6-11-10-15-9-7-13-11/h11-13H,2-10H2,1H3. The summed E-state index contributed by atoms with van der Waals surface area (Å²) in [6.45, 7) is 2.49. The number of nitrogens with one attached hydrogen (secondary N) is 1. The summed E-state index contributed by atoms with van der Waals surface area (Å²) in [6, 6.07) is 1.66. The Morgan fingerprint density at radius 1 is 1.33 bits per heavy atom. The smallest absolute Gasteiger partial charge is 0.0170 e. The van der Waals surface area contributed by atoms with E-state index in [9.17, 15) is 0 Å². The normalized spacial score (nSPS) is 28.8. The molecule has 0 aromatic heterocycles. The molecule has 2 nitrogen and oxygen atoms in total. The molecule has 3 heteroatoms. The van der Waals surface area contributed by atoms with Crippen LogP contribution in [0.2, 0.25) is 0 Å². The van der Waals surface area contributed by atoms with Gasteiger partial charge in [-0.1, -0.05) is 12.8 Å². The van der Waals surface area contributed by atoms with Gasteiger partial charge in [-0.15, -0.1) is 0 Å². The van der Waals surface area contributed by atoms with Crippen LogP contribution in [0.4, 0.5) is 0 Å². The van der Waals surface area contributed by atoms with Crippen LogP contribution in [0.1, 0.15) is 32.1 Å². The van der Waals surface area contributed by atoms with E-state index in [4.69, 9.17) is 0 Å². The first kappa shape index (κ1) is 11.7. The Kier molecular flexibility index (Phi) is 4.79. The molecule has 2 aliphatic rings. The van der Waals surface area contributed by atoms with E-state index in [1.165, 1.54) is 56.7 Å². The molecular formula is C12H24N2S. The van der Waals surface area contributed by atoms with Crippen LogP contribution < -0.4 is 5.32 Å². The summed E-state index contributed by atoms with van der Waals surface area (Å²) >= 11 is 2.11. The number of hydrogen-bond acceptors (Lipinski definition) is 3. The molecule has 1 saturated heterocycles. The minimum absolute atomic E-state index is 0.771. The Morgan fingerprint density at radius 3 is 2.80 bits per heavy atom. The second kappa shape index (κ2) is 6.12. The lowest BCUT2D eigenvalue weighted by Crippen LogP contribution is -2.41. The van der Waals surface area contributed by atoms with Gasteiger partial charge in [0.25, 0.3) is 0 Å². The molecule has 1 N–H and O–H groups in total. The molecule has 1 aliphatic carbocycles. The van der Waals surface area contributed by atoms with Crippen molar-refractivity contribution in [3.05, 3.63) is 0 Å². The Balaban J connectivity index is 1.63. The zero-order valence-corrected chi connectivity index (χ0v) is 10.7. The van der Waals surface area contributed by atoms with Gasteiger partial charge in [-0.3, -0.25) is 0 Å². The van der Waals surface area contributed by atoms with E-state index in [2.05, 4.69) is 29.0 Å². The summed E-state index contributed by atoms with van der Waals surface area (Å²) in [5, 5.41) is 3.62. The Morgan fingerprint density at radius 2 is 2.13 bits per heavy atom. The fraction of sp³-hybridized carbons (Fsp3) is 1.00. The lowest BCUT2D eigenvalue weighted by atomic mass is 10.1. The summed E-state index contributed by atoms with van der Waals surface area (Å²) in [5.41, 5.74) is 0. The summed E-state index contributed by atoms with van der Waals surface area (Å²) in [6.07, 6.45) is 7.10. The molecule has 88 valence electrons. The fourth-order valence-electron chi connectivity index (χ4n) is 2.69. The first-order valence-electron chi connectivity index (χ1n) is 6.37. The van der Waals surface area contributed by atoms with Crippen molar-refractivity contribution in [3.63, 3.8) is 0 Å². The lowest BCUT2D eigenvalue weighted by molar-refractivity contribution is 0.234. The van der Waals surface area contributed by atoms with Crippen molar-refractivity contribution in [1.82, 2.24) is 10.2 Å². The molecule has 0 spiro atoms. The fourth-order valence-corrected chi connectivity index (χ4v) is 3.69. The average molecular weight is 228 g/mol. The maximum atomic E-state index is 3.62. The van der Waals surface area contributed by atoms with Gasteiger partial charge in [-0.05, 0) is 32.9 Å². The van der Waals surface area contributed by atoms with Gasteiger partial charge in [0.2, 0.25) is 0 Å². The van der Waals surface area contributed by atoms with Crippen LogP contribution in [0.3, 0.4) is 0 Å². The second-order valence-corrected chi connectivity index (χ2v) is 6.08. The van der Waals surface area contributed by atoms with Crippen LogP contribution >= 0.6 is 11.8 Å². The topological polar surface area (TPSA) is 15.3 Å². The van der Waals surface area contributed by atoms with Crippen molar-refractivity contribution in [2.45, 2.75) is 44.2 Å². The van der Waals surface area contributed by atoms with E-state index in [0.717, 1.165) is 12.1 Å². The van der Waals surface area contributed by atoms with E-state index < -0.39 is 0 Å². The lowest BCUT2D eigenvalue weighted by Gasteiger charge is -2.28. The van der Waals surface area contributed by atoms with E-state index in [1.54, 1.807) is 0 Å². The molecule has 2 fully saturated rings. The Bertz CT molecular complexity index is 174. The third-order valence-corrected chi connectivity index (χ3v) is 4.91. The van der Waals surface area contributed by atoms with Crippen LogP contribution in [0, 0.1) is 0 Å². The Hall–Kier alpha value is 0.270. The highest BCUT2D eigenvalue weighted by Crippen LogP contribution is 2.22. The van der Waals surface area contributed by atoms with Crippen molar-refractivity contribution in [2.24, 2.45) is 0 Å². The summed E-state index contributed by atoms with van der Waals surface area (Å²) in [7, 11) is 2.31. The van der Waals surface area contributed by atoms with Crippen LogP contribution in [-0.4, -0.2) is 48.6 Å².